The van der Waals surface area contributed by atoms with E-state index in [-0.39, 0.29) is 17.3 Å². The van der Waals surface area contributed by atoms with Crippen molar-refractivity contribution in [3.63, 3.8) is 0 Å². The highest BCUT2D eigenvalue weighted by Crippen LogP contribution is 2.19. The van der Waals surface area contributed by atoms with Crippen LogP contribution in [0, 0.1) is 16.7 Å². The van der Waals surface area contributed by atoms with Crippen molar-refractivity contribution in [1.82, 2.24) is 4.98 Å². The average Bonchev–Trinajstić information content (AvgIpc) is 2.27. The van der Waals surface area contributed by atoms with Crippen LogP contribution in [0.3, 0.4) is 0 Å². The van der Waals surface area contributed by atoms with E-state index in [0.717, 1.165) is 0 Å². The smallest absolute Gasteiger partial charge is 0.229 e. The van der Waals surface area contributed by atoms with Crippen LogP contribution >= 0.6 is 0 Å². The summed E-state index contributed by atoms with van der Waals surface area (Å²) >= 11 is 0. The minimum absolute atomic E-state index is 0.0909. The van der Waals surface area contributed by atoms with E-state index in [9.17, 15) is 9.59 Å². The molecule has 1 amide bonds. The van der Waals surface area contributed by atoms with E-state index in [0.29, 0.717) is 11.8 Å². The summed E-state index contributed by atoms with van der Waals surface area (Å²) < 4.78 is 0. The fraction of sp³-hybridized carbons (Fsp3) is 0.333. The third kappa shape index (κ3) is 3.11. The third-order valence-electron chi connectivity index (χ3n) is 2.08. The van der Waals surface area contributed by atoms with E-state index in [2.05, 4.69) is 10.3 Å². The number of nitrogens with zero attached hydrogens (tertiary/aromatic N) is 2. The van der Waals surface area contributed by atoms with Crippen molar-refractivity contribution in [3.05, 3.63) is 23.5 Å². The van der Waals surface area contributed by atoms with Crippen LogP contribution in [0.1, 0.15) is 36.8 Å². The highest BCUT2D eigenvalue weighted by molar-refractivity contribution is 5.96. The van der Waals surface area contributed by atoms with Gasteiger partial charge in [0.25, 0.3) is 0 Å². The van der Waals surface area contributed by atoms with Crippen molar-refractivity contribution in [2.75, 3.05) is 5.32 Å². The molecular formula is C12H13N3O2. The minimum Gasteiger partial charge on any atom is -0.323 e. The minimum atomic E-state index is -0.579. The lowest BCUT2D eigenvalue weighted by atomic mass is 9.95. The number of nitriles is 1. The first-order valence-electron chi connectivity index (χ1n) is 5.05. The fourth-order valence-corrected chi connectivity index (χ4v) is 1.04. The lowest BCUT2D eigenvalue weighted by Gasteiger charge is -2.18. The van der Waals surface area contributed by atoms with Crippen molar-refractivity contribution in [2.45, 2.75) is 20.8 Å². The molecule has 0 bridgehead atoms. The molecule has 1 aromatic heterocycles. The van der Waals surface area contributed by atoms with Gasteiger partial charge in [-0.1, -0.05) is 20.8 Å². The van der Waals surface area contributed by atoms with Crippen molar-refractivity contribution in [3.8, 4) is 6.07 Å². The predicted molar refractivity (Wildman–Crippen MR) is 62.4 cm³/mol. The molecule has 0 fully saturated rings. The summed E-state index contributed by atoms with van der Waals surface area (Å²) in [5.74, 6) is -0.237. The van der Waals surface area contributed by atoms with Gasteiger partial charge in [0.2, 0.25) is 5.91 Å². The van der Waals surface area contributed by atoms with Crippen LogP contribution in [0.2, 0.25) is 0 Å². The number of hydrogen-bond acceptors (Lipinski definition) is 4. The first-order valence-corrected chi connectivity index (χ1v) is 5.05. The fourth-order valence-electron chi connectivity index (χ4n) is 1.04. The molecule has 1 aromatic rings. The van der Waals surface area contributed by atoms with E-state index in [1.807, 2.05) is 6.07 Å². The van der Waals surface area contributed by atoms with Gasteiger partial charge in [-0.3, -0.25) is 9.59 Å². The molecule has 0 aromatic carbocycles. The summed E-state index contributed by atoms with van der Waals surface area (Å²) in [7, 11) is 0. The van der Waals surface area contributed by atoms with Gasteiger partial charge in [-0.2, -0.15) is 5.26 Å². The first kappa shape index (κ1) is 12.8. The summed E-state index contributed by atoms with van der Waals surface area (Å²) in [5.41, 5.74) is 0.0858. The highest BCUT2D eigenvalue weighted by atomic mass is 16.2. The zero-order valence-electron chi connectivity index (χ0n) is 9.94. The van der Waals surface area contributed by atoms with Crippen molar-refractivity contribution >= 4 is 17.9 Å². The molecule has 88 valence electrons. The van der Waals surface area contributed by atoms with Gasteiger partial charge in [0.15, 0.2) is 12.0 Å². The lowest BCUT2D eigenvalue weighted by molar-refractivity contribution is -0.123. The second-order valence-electron chi connectivity index (χ2n) is 4.60. The summed E-state index contributed by atoms with van der Waals surface area (Å²) in [4.78, 5) is 26.2. The molecule has 0 radical (unpaired) electrons. The Balaban J connectivity index is 3.09. The molecule has 1 heterocycles. The molecule has 0 aliphatic carbocycles. The number of nitrogens with one attached hydrogen (secondary N) is 1. The number of anilines is 1. The monoisotopic (exact) mass is 231 g/mol. The number of carbonyl (C=O) groups excluding carboxylic acids is 2. The third-order valence-corrected chi connectivity index (χ3v) is 2.08. The topological polar surface area (TPSA) is 82.8 Å². The molecule has 0 aliphatic rings. The number of aromatic nitrogens is 1. The molecule has 0 aliphatic heterocycles. The Morgan fingerprint density at radius 2 is 2.18 bits per heavy atom. The van der Waals surface area contributed by atoms with Crippen LogP contribution in [-0.2, 0) is 4.79 Å². The summed E-state index contributed by atoms with van der Waals surface area (Å²) in [6, 6.07) is 3.29. The number of hydrogen-bond donors (Lipinski definition) is 1. The van der Waals surface area contributed by atoms with Gasteiger partial charge in [-0.05, 0) is 6.07 Å². The van der Waals surface area contributed by atoms with Crippen molar-refractivity contribution in [2.24, 2.45) is 5.41 Å². The molecular weight excluding hydrogens is 218 g/mol. The van der Waals surface area contributed by atoms with Gasteiger partial charge >= 0.3 is 0 Å². The molecule has 0 saturated heterocycles. The molecule has 1 rings (SSSR count). The summed E-state index contributed by atoms with van der Waals surface area (Å²) in [5, 5.41) is 11.4. The van der Waals surface area contributed by atoms with E-state index < -0.39 is 5.41 Å². The molecule has 1 N–H and O–H groups in total. The van der Waals surface area contributed by atoms with Crippen LogP contribution in [0.5, 0.6) is 0 Å². The van der Waals surface area contributed by atoms with Crippen LogP contribution in [-0.4, -0.2) is 17.2 Å². The van der Waals surface area contributed by atoms with Gasteiger partial charge < -0.3 is 5.32 Å². The second-order valence-corrected chi connectivity index (χ2v) is 4.60. The lowest BCUT2D eigenvalue weighted by Crippen LogP contribution is -2.28. The highest BCUT2D eigenvalue weighted by Gasteiger charge is 2.22. The standard InChI is InChI=1S/C12H13N3O2/c1-12(2,3)11(17)15-9-4-8(7-16)6-14-10(9)5-13/h4,6-7H,1-3H3,(H,15,17). The average molecular weight is 231 g/mol. The SMILES string of the molecule is CC(C)(C)C(=O)Nc1cc(C=O)cnc1C#N. The second kappa shape index (κ2) is 4.74. The zero-order valence-corrected chi connectivity index (χ0v) is 9.94. The Bertz CT molecular complexity index is 495. The van der Waals surface area contributed by atoms with Gasteiger partial charge in [0.1, 0.15) is 6.07 Å². The number of rotatable bonds is 2. The van der Waals surface area contributed by atoms with Crippen molar-refractivity contribution in [1.29, 1.82) is 5.26 Å². The largest absolute Gasteiger partial charge is 0.323 e. The molecule has 0 spiro atoms. The van der Waals surface area contributed by atoms with E-state index in [1.165, 1.54) is 12.3 Å². The van der Waals surface area contributed by atoms with Gasteiger partial charge in [0, 0.05) is 17.2 Å². The maximum absolute atomic E-state index is 11.8. The Kier molecular flexibility index (Phi) is 3.59. The summed E-state index contributed by atoms with van der Waals surface area (Å²) in [6.45, 7) is 5.27. The Morgan fingerprint density at radius 3 is 2.65 bits per heavy atom. The quantitative estimate of drug-likeness (QED) is 0.786. The van der Waals surface area contributed by atoms with Gasteiger partial charge in [0.05, 0.1) is 5.69 Å². The normalized spacial score (nSPS) is 10.5. The Labute approximate surface area is 99.5 Å². The first-order chi connectivity index (χ1) is 7.88. The molecule has 0 unspecified atom stereocenters. The number of pyridine rings is 1. The zero-order chi connectivity index (χ0) is 13.1. The number of aldehydes is 1. The van der Waals surface area contributed by atoms with Gasteiger partial charge in [-0.15, -0.1) is 0 Å². The van der Waals surface area contributed by atoms with Crippen molar-refractivity contribution < 1.29 is 9.59 Å². The van der Waals surface area contributed by atoms with E-state index in [4.69, 9.17) is 5.26 Å². The predicted octanol–water partition coefficient (Wildman–Crippen LogP) is 1.75. The van der Waals surface area contributed by atoms with Gasteiger partial charge in [-0.25, -0.2) is 4.98 Å². The Morgan fingerprint density at radius 1 is 1.53 bits per heavy atom. The van der Waals surface area contributed by atoms with Crippen LogP contribution < -0.4 is 5.32 Å². The molecule has 0 saturated carbocycles. The Hall–Kier alpha value is -2.22. The van der Waals surface area contributed by atoms with Crippen LogP contribution in [0.4, 0.5) is 5.69 Å². The number of carbonyl (C=O) groups is 2. The molecule has 17 heavy (non-hydrogen) atoms. The van der Waals surface area contributed by atoms with Crippen LogP contribution in [0.15, 0.2) is 12.3 Å². The van der Waals surface area contributed by atoms with E-state index >= 15 is 0 Å². The number of amides is 1. The molecule has 5 nitrogen and oxygen atoms in total. The maximum Gasteiger partial charge on any atom is 0.229 e. The molecule has 5 heteroatoms. The van der Waals surface area contributed by atoms with Crippen LogP contribution in [0.25, 0.3) is 0 Å². The molecule has 0 atom stereocenters. The maximum atomic E-state index is 11.8. The van der Waals surface area contributed by atoms with E-state index in [1.54, 1.807) is 20.8 Å². The summed E-state index contributed by atoms with van der Waals surface area (Å²) in [6.07, 6.45) is 1.90.